The maximum absolute atomic E-state index is 4.36. The van der Waals surface area contributed by atoms with E-state index in [1.165, 1.54) is 36.9 Å². The Hall–Kier alpha value is -1.67. The second kappa shape index (κ2) is 12.8. The van der Waals surface area contributed by atoms with Gasteiger partial charge in [0.2, 0.25) is 0 Å². The standard InChI is InChI=1S/C23H33N5.HI/c1-19-9-6-8-16-28(19)18-21-11-4-3-10-20(21)17-27-23(24-2)26-15-13-22-12-5-7-14-25-22;/h3-5,7,10-12,14,19H,6,8-9,13,15-18H2,1-2H3,(H2,24,26,27);1H. The van der Waals surface area contributed by atoms with Gasteiger partial charge >= 0.3 is 0 Å². The molecule has 0 aliphatic carbocycles. The van der Waals surface area contributed by atoms with Crippen LogP contribution in [0.5, 0.6) is 0 Å². The Bertz CT molecular complexity index is 750. The summed E-state index contributed by atoms with van der Waals surface area (Å²) in [5, 5.41) is 6.85. The molecule has 29 heavy (non-hydrogen) atoms. The highest BCUT2D eigenvalue weighted by Crippen LogP contribution is 2.20. The van der Waals surface area contributed by atoms with Crippen LogP contribution in [-0.2, 0) is 19.5 Å². The molecule has 0 amide bonds. The van der Waals surface area contributed by atoms with Gasteiger partial charge in [-0.3, -0.25) is 14.9 Å². The minimum absolute atomic E-state index is 0. The van der Waals surface area contributed by atoms with Crippen molar-refractivity contribution >= 4 is 29.9 Å². The second-order valence-corrected chi connectivity index (χ2v) is 7.51. The lowest BCUT2D eigenvalue weighted by Crippen LogP contribution is -2.39. The number of pyridine rings is 1. The third-order valence-corrected chi connectivity index (χ3v) is 5.50. The number of guanidine groups is 1. The Morgan fingerprint density at radius 2 is 1.90 bits per heavy atom. The topological polar surface area (TPSA) is 52.6 Å². The van der Waals surface area contributed by atoms with Crippen molar-refractivity contribution in [2.24, 2.45) is 4.99 Å². The summed E-state index contributed by atoms with van der Waals surface area (Å²) in [5.74, 6) is 0.831. The van der Waals surface area contributed by atoms with Gasteiger partial charge in [0.05, 0.1) is 0 Å². The minimum Gasteiger partial charge on any atom is -0.356 e. The molecule has 1 aliphatic heterocycles. The number of hydrogen-bond acceptors (Lipinski definition) is 3. The summed E-state index contributed by atoms with van der Waals surface area (Å²) >= 11 is 0. The summed E-state index contributed by atoms with van der Waals surface area (Å²) in [6, 6.07) is 15.4. The Balaban J connectivity index is 0.00000300. The van der Waals surface area contributed by atoms with Gasteiger partial charge in [0.1, 0.15) is 0 Å². The van der Waals surface area contributed by atoms with E-state index in [0.29, 0.717) is 6.04 Å². The molecule has 6 heteroatoms. The number of aromatic nitrogens is 1. The van der Waals surface area contributed by atoms with Crippen molar-refractivity contribution in [1.29, 1.82) is 0 Å². The van der Waals surface area contributed by atoms with E-state index in [4.69, 9.17) is 0 Å². The average molecular weight is 507 g/mol. The van der Waals surface area contributed by atoms with Crippen molar-refractivity contribution in [2.45, 2.75) is 51.7 Å². The van der Waals surface area contributed by atoms with Gasteiger partial charge in [0.15, 0.2) is 5.96 Å². The van der Waals surface area contributed by atoms with Gasteiger partial charge in [-0.25, -0.2) is 0 Å². The van der Waals surface area contributed by atoms with Gasteiger partial charge in [-0.2, -0.15) is 0 Å². The Morgan fingerprint density at radius 1 is 1.10 bits per heavy atom. The molecule has 0 saturated carbocycles. The van der Waals surface area contributed by atoms with Crippen LogP contribution in [0.3, 0.4) is 0 Å². The molecule has 1 aliphatic rings. The predicted octanol–water partition coefficient (Wildman–Crippen LogP) is 3.98. The van der Waals surface area contributed by atoms with Crippen LogP contribution in [0.15, 0.2) is 53.7 Å². The zero-order chi connectivity index (χ0) is 19.6. The number of nitrogens with zero attached hydrogens (tertiary/aromatic N) is 3. The molecule has 1 atom stereocenters. The van der Waals surface area contributed by atoms with Crippen molar-refractivity contribution in [3.63, 3.8) is 0 Å². The fourth-order valence-electron chi connectivity index (χ4n) is 3.75. The van der Waals surface area contributed by atoms with Gasteiger partial charge in [-0.05, 0) is 49.6 Å². The van der Waals surface area contributed by atoms with E-state index < -0.39 is 0 Å². The van der Waals surface area contributed by atoms with Gasteiger partial charge in [-0.1, -0.05) is 36.8 Å². The highest BCUT2D eigenvalue weighted by atomic mass is 127. The molecular weight excluding hydrogens is 473 g/mol. The summed E-state index contributed by atoms with van der Waals surface area (Å²) < 4.78 is 0. The quantitative estimate of drug-likeness (QED) is 0.338. The molecule has 1 aromatic heterocycles. The molecule has 1 saturated heterocycles. The Labute approximate surface area is 192 Å². The Morgan fingerprint density at radius 3 is 2.62 bits per heavy atom. The molecule has 0 spiro atoms. The lowest BCUT2D eigenvalue weighted by atomic mass is 10.0. The van der Waals surface area contributed by atoms with Crippen molar-refractivity contribution in [3.8, 4) is 0 Å². The maximum atomic E-state index is 4.36. The number of aliphatic imine (C=N–C) groups is 1. The number of piperidine rings is 1. The zero-order valence-corrected chi connectivity index (χ0v) is 19.9. The van der Waals surface area contributed by atoms with Crippen molar-refractivity contribution < 1.29 is 0 Å². The lowest BCUT2D eigenvalue weighted by molar-refractivity contribution is 0.152. The monoisotopic (exact) mass is 507 g/mol. The van der Waals surface area contributed by atoms with Crippen LogP contribution < -0.4 is 10.6 Å². The van der Waals surface area contributed by atoms with Crippen LogP contribution in [0.25, 0.3) is 0 Å². The normalized spacial score (nSPS) is 17.4. The van der Waals surface area contributed by atoms with E-state index in [9.17, 15) is 0 Å². The first-order valence-electron chi connectivity index (χ1n) is 10.4. The summed E-state index contributed by atoms with van der Waals surface area (Å²) in [5.41, 5.74) is 3.84. The molecule has 1 aromatic carbocycles. The fourth-order valence-corrected chi connectivity index (χ4v) is 3.75. The summed E-state index contributed by atoms with van der Waals surface area (Å²) in [6.07, 6.45) is 6.71. The number of nitrogens with one attached hydrogen (secondary N) is 2. The molecule has 1 fully saturated rings. The minimum atomic E-state index is 0. The average Bonchev–Trinajstić information content (AvgIpc) is 2.74. The predicted molar refractivity (Wildman–Crippen MR) is 132 cm³/mol. The summed E-state index contributed by atoms with van der Waals surface area (Å²) in [4.78, 5) is 11.3. The number of likely N-dealkylation sites (tertiary alicyclic amines) is 1. The van der Waals surface area contributed by atoms with Crippen LogP contribution in [0.1, 0.15) is 43.0 Å². The van der Waals surface area contributed by atoms with Gasteiger partial charge in [0.25, 0.3) is 0 Å². The third kappa shape index (κ3) is 7.59. The number of hydrogen-bond donors (Lipinski definition) is 2. The molecular formula is C23H34IN5. The van der Waals surface area contributed by atoms with Crippen LogP contribution >= 0.6 is 24.0 Å². The van der Waals surface area contributed by atoms with Crippen LogP contribution in [0.4, 0.5) is 0 Å². The molecule has 2 aromatic rings. The number of halogens is 1. The first kappa shape index (κ1) is 23.6. The second-order valence-electron chi connectivity index (χ2n) is 7.51. The van der Waals surface area contributed by atoms with Crippen LogP contribution in [0.2, 0.25) is 0 Å². The van der Waals surface area contributed by atoms with Gasteiger partial charge < -0.3 is 10.6 Å². The molecule has 0 bridgehead atoms. The van der Waals surface area contributed by atoms with E-state index in [2.05, 4.69) is 62.8 Å². The molecule has 5 nitrogen and oxygen atoms in total. The van der Waals surface area contributed by atoms with E-state index in [-0.39, 0.29) is 24.0 Å². The third-order valence-electron chi connectivity index (χ3n) is 5.50. The van der Waals surface area contributed by atoms with Crippen LogP contribution in [-0.4, -0.2) is 42.0 Å². The zero-order valence-electron chi connectivity index (χ0n) is 17.6. The van der Waals surface area contributed by atoms with Gasteiger partial charge in [0, 0.05) is 51.0 Å². The first-order chi connectivity index (χ1) is 13.8. The highest BCUT2D eigenvalue weighted by Gasteiger charge is 2.19. The maximum Gasteiger partial charge on any atom is 0.191 e. The van der Waals surface area contributed by atoms with E-state index >= 15 is 0 Å². The van der Waals surface area contributed by atoms with Crippen molar-refractivity contribution in [1.82, 2.24) is 20.5 Å². The van der Waals surface area contributed by atoms with E-state index in [1.807, 2.05) is 25.4 Å². The molecule has 0 radical (unpaired) electrons. The Kier molecular flexibility index (Phi) is 10.4. The largest absolute Gasteiger partial charge is 0.356 e. The molecule has 2 heterocycles. The van der Waals surface area contributed by atoms with Gasteiger partial charge in [-0.15, -0.1) is 24.0 Å². The van der Waals surface area contributed by atoms with E-state index in [0.717, 1.165) is 37.7 Å². The molecule has 158 valence electrons. The molecule has 1 unspecified atom stereocenters. The molecule has 2 N–H and O–H groups in total. The van der Waals surface area contributed by atoms with Crippen LogP contribution in [0, 0.1) is 0 Å². The number of benzene rings is 1. The van der Waals surface area contributed by atoms with Crippen molar-refractivity contribution in [3.05, 3.63) is 65.5 Å². The SMILES string of the molecule is CN=C(NCCc1ccccn1)NCc1ccccc1CN1CCCCC1C.I. The summed E-state index contributed by atoms with van der Waals surface area (Å²) in [7, 11) is 1.82. The molecule has 3 rings (SSSR count). The smallest absolute Gasteiger partial charge is 0.191 e. The fraction of sp³-hybridized carbons (Fsp3) is 0.478. The summed E-state index contributed by atoms with van der Waals surface area (Å²) in [6.45, 7) is 6.18. The highest BCUT2D eigenvalue weighted by molar-refractivity contribution is 14.0. The van der Waals surface area contributed by atoms with E-state index in [1.54, 1.807) is 0 Å². The number of rotatable bonds is 7. The van der Waals surface area contributed by atoms with Crippen molar-refractivity contribution in [2.75, 3.05) is 20.1 Å². The first-order valence-corrected chi connectivity index (χ1v) is 10.4. The lowest BCUT2D eigenvalue weighted by Gasteiger charge is -2.33.